The standard InChI is InChI=1S/C20H32N2O5S/c1-25-18-6-7-19(26-2)20(16-18)28(23,24)22(17-8-14-27-15-9-17)13-12-21-10-4-3-5-11-21/h6-7,16-17H,3-5,8-15H2,1-2H3. The van der Waals surface area contributed by atoms with Crippen molar-refractivity contribution in [3.63, 3.8) is 0 Å². The van der Waals surface area contributed by atoms with Gasteiger partial charge in [0.25, 0.3) is 0 Å². The van der Waals surface area contributed by atoms with Gasteiger partial charge in [-0.3, -0.25) is 0 Å². The topological polar surface area (TPSA) is 68.3 Å². The van der Waals surface area contributed by atoms with E-state index in [9.17, 15) is 8.42 Å². The van der Waals surface area contributed by atoms with E-state index in [1.807, 2.05) is 0 Å². The van der Waals surface area contributed by atoms with Crippen molar-refractivity contribution in [2.24, 2.45) is 0 Å². The van der Waals surface area contributed by atoms with Crippen molar-refractivity contribution in [1.82, 2.24) is 9.21 Å². The average molecular weight is 413 g/mol. The summed E-state index contributed by atoms with van der Waals surface area (Å²) >= 11 is 0. The van der Waals surface area contributed by atoms with E-state index >= 15 is 0 Å². The number of hydrogen-bond donors (Lipinski definition) is 0. The van der Waals surface area contributed by atoms with Crippen molar-refractivity contribution >= 4 is 10.0 Å². The molecule has 0 aliphatic carbocycles. The highest BCUT2D eigenvalue weighted by Gasteiger charge is 2.35. The summed E-state index contributed by atoms with van der Waals surface area (Å²) in [6.07, 6.45) is 5.07. The molecule has 2 fully saturated rings. The van der Waals surface area contributed by atoms with E-state index in [-0.39, 0.29) is 10.9 Å². The van der Waals surface area contributed by atoms with E-state index in [0.717, 1.165) is 19.6 Å². The zero-order chi connectivity index (χ0) is 20.0. The molecule has 7 nitrogen and oxygen atoms in total. The van der Waals surface area contributed by atoms with Crippen molar-refractivity contribution in [3.05, 3.63) is 18.2 Å². The minimum absolute atomic E-state index is 0.0561. The van der Waals surface area contributed by atoms with Crippen LogP contribution in [0.1, 0.15) is 32.1 Å². The van der Waals surface area contributed by atoms with Gasteiger partial charge in [-0.15, -0.1) is 0 Å². The molecule has 1 aromatic rings. The first-order chi connectivity index (χ1) is 13.6. The van der Waals surface area contributed by atoms with Crippen LogP contribution in [0.3, 0.4) is 0 Å². The van der Waals surface area contributed by atoms with Crippen LogP contribution in [-0.2, 0) is 14.8 Å². The minimum Gasteiger partial charge on any atom is -0.497 e. The Balaban J connectivity index is 1.88. The number of hydrogen-bond acceptors (Lipinski definition) is 6. The molecule has 0 saturated carbocycles. The van der Waals surface area contributed by atoms with Gasteiger partial charge in [-0.2, -0.15) is 4.31 Å². The summed E-state index contributed by atoms with van der Waals surface area (Å²) in [6, 6.07) is 4.86. The third kappa shape index (κ3) is 4.97. The summed E-state index contributed by atoms with van der Waals surface area (Å²) in [5.41, 5.74) is 0. The van der Waals surface area contributed by atoms with E-state index in [2.05, 4.69) is 4.90 Å². The molecule has 2 aliphatic rings. The van der Waals surface area contributed by atoms with Crippen LogP contribution in [0.25, 0.3) is 0 Å². The fourth-order valence-corrected chi connectivity index (χ4v) is 5.86. The molecule has 1 aromatic carbocycles. The number of likely N-dealkylation sites (tertiary alicyclic amines) is 1. The Morgan fingerprint density at radius 2 is 1.82 bits per heavy atom. The van der Waals surface area contributed by atoms with Gasteiger partial charge in [0.05, 0.1) is 14.2 Å². The molecule has 0 unspecified atom stereocenters. The third-order valence-corrected chi connectivity index (χ3v) is 7.61. The van der Waals surface area contributed by atoms with Crippen LogP contribution < -0.4 is 9.47 Å². The molecule has 0 aromatic heterocycles. The van der Waals surface area contributed by atoms with Gasteiger partial charge in [-0.1, -0.05) is 6.42 Å². The van der Waals surface area contributed by atoms with Crippen LogP contribution in [0, 0.1) is 0 Å². The molecule has 0 amide bonds. The van der Waals surface area contributed by atoms with Gasteiger partial charge in [0.15, 0.2) is 0 Å². The Morgan fingerprint density at radius 3 is 2.46 bits per heavy atom. The molecule has 0 bridgehead atoms. The Hall–Kier alpha value is -1.35. The first kappa shape index (κ1) is 21.4. The second kappa shape index (κ2) is 9.91. The molecule has 2 aliphatic heterocycles. The van der Waals surface area contributed by atoms with Gasteiger partial charge < -0.3 is 19.1 Å². The van der Waals surface area contributed by atoms with E-state index in [4.69, 9.17) is 14.2 Å². The van der Waals surface area contributed by atoms with Gasteiger partial charge in [0.2, 0.25) is 10.0 Å². The summed E-state index contributed by atoms with van der Waals surface area (Å²) in [6.45, 7) is 4.51. The Kier molecular flexibility index (Phi) is 7.56. The molecule has 2 heterocycles. The number of sulfonamides is 1. The van der Waals surface area contributed by atoms with E-state index < -0.39 is 10.0 Å². The van der Waals surface area contributed by atoms with Gasteiger partial charge >= 0.3 is 0 Å². The molecular formula is C20H32N2O5S. The second-order valence-corrected chi connectivity index (χ2v) is 9.24. The summed E-state index contributed by atoms with van der Waals surface area (Å²) < 4.78 is 45.1. The molecule has 3 rings (SSSR count). The van der Waals surface area contributed by atoms with Crippen LogP contribution in [0.15, 0.2) is 23.1 Å². The fraction of sp³-hybridized carbons (Fsp3) is 0.700. The Bertz CT molecular complexity index is 728. The highest BCUT2D eigenvalue weighted by molar-refractivity contribution is 7.89. The first-order valence-corrected chi connectivity index (χ1v) is 11.5. The number of nitrogens with zero attached hydrogens (tertiary/aromatic N) is 2. The molecule has 2 saturated heterocycles. The maximum absolute atomic E-state index is 13.7. The van der Waals surface area contributed by atoms with Gasteiger partial charge in [-0.25, -0.2) is 8.42 Å². The van der Waals surface area contributed by atoms with Crippen LogP contribution in [-0.4, -0.2) is 77.3 Å². The predicted molar refractivity (Wildman–Crippen MR) is 108 cm³/mol. The highest BCUT2D eigenvalue weighted by Crippen LogP contribution is 2.33. The lowest BCUT2D eigenvalue weighted by molar-refractivity contribution is 0.0557. The maximum atomic E-state index is 13.7. The smallest absolute Gasteiger partial charge is 0.247 e. The summed E-state index contributed by atoms with van der Waals surface area (Å²) in [5, 5.41) is 0. The van der Waals surface area contributed by atoms with Crippen LogP contribution in [0.5, 0.6) is 11.5 Å². The lowest BCUT2D eigenvalue weighted by Gasteiger charge is -2.36. The normalized spacial score (nSPS) is 19.7. The van der Waals surface area contributed by atoms with Crippen LogP contribution in [0.2, 0.25) is 0 Å². The molecular weight excluding hydrogens is 380 g/mol. The number of rotatable bonds is 8. The molecule has 0 atom stereocenters. The van der Waals surface area contributed by atoms with Crippen molar-refractivity contribution in [1.29, 1.82) is 0 Å². The average Bonchev–Trinajstić information content (AvgIpc) is 2.74. The van der Waals surface area contributed by atoms with Crippen molar-refractivity contribution in [3.8, 4) is 11.5 Å². The molecule has 158 valence electrons. The lowest BCUT2D eigenvalue weighted by atomic mass is 10.1. The zero-order valence-electron chi connectivity index (χ0n) is 16.9. The van der Waals surface area contributed by atoms with E-state index in [0.29, 0.717) is 44.1 Å². The van der Waals surface area contributed by atoms with Crippen molar-refractivity contribution in [2.45, 2.75) is 43.0 Å². The molecule has 0 spiro atoms. The third-order valence-electron chi connectivity index (χ3n) is 5.64. The lowest BCUT2D eigenvalue weighted by Crippen LogP contribution is -2.47. The van der Waals surface area contributed by atoms with Crippen molar-refractivity contribution < 1.29 is 22.6 Å². The van der Waals surface area contributed by atoms with Crippen LogP contribution >= 0.6 is 0 Å². The largest absolute Gasteiger partial charge is 0.497 e. The first-order valence-electron chi connectivity index (χ1n) is 10.1. The summed E-state index contributed by atoms with van der Waals surface area (Å²) in [4.78, 5) is 2.54. The summed E-state index contributed by atoms with van der Waals surface area (Å²) in [5.74, 6) is 0.846. The molecule has 8 heteroatoms. The SMILES string of the molecule is COc1ccc(OC)c(S(=O)(=O)N(CCN2CCCCC2)C2CCOCC2)c1. The zero-order valence-corrected chi connectivity index (χ0v) is 17.7. The quantitative estimate of drug-likeness (QED) is 0.653. The highest BCUT2D eigenvalue weighted by atomic mass is 32.2. The molecule has 28 heavy (non-hydrogen) atoms. The number of methoxy groups -OCH3 is 2. The fourth-order valence-electron chi connectivity index (χ4n) is 4.01. The van der Waals surface area contributed by atoms with Gasteiger partial charge in [0.1, 0.15) is 16.4 Å². The molecule has 0 N–H and O–H groups in total. The van der Waals surface area contributed by atoms with Gasteiger partial charge in [-0.05, 0) is 50.9 Å². The number of ether oxygens (including phenoxy) is 3. The van der Waals surface area contributed by atoms with Crippen LogP contribution in [0.4, 0.5) is 0 Å². The monoisotopic (exact) mass is 412 g/mol. The predicted octanol–water partition coefficient (Wildman–Crippen LogP) is 2.36. The number of benzene rings is 1. The Morgan fingerprint density at radius 1 is 1.11 bits per heavy atom. The van der Waals surface area contributed by atoms with E-state index in [1.165, 1.54) is 33.5 Å². The maximum Gasteiger partial charge on any atom is 0.247 e. The minimum atomic E-state index is -3.73. The molecule has 0 radical (unpaired) electrons. The Labute approximate surface area is 168 Å². The number of piperidine rings is 1. The van der Waals surface area contributed by atoms with Gasteiger partial charge in [0, 0.05) is 38.4 Å². The van der Waals surface area contributed by atoms with E-state index in [1.54, 1.807) is 22.5 Å². The summed E-state index contributed by atoms with van der Waals surface area (Å²) in [7, 11) is -0.705. The second-order valence-electron chi connectivity index (χ2n) is 7.38. The van der Waals surface area contributed by atoms with Crippen molar-refractivity contribution in [2.75, 3.05) is 53.6 Å².